The van der Waals surface area contributed by atoms with E-state index in [2.05, 4.69) is 52.9 Å². The zero-order valence-corrected chi connectivity index (χ0v) is 16.8. The molecule has 4 heteroatoms. The lowest BCUT2D eigenvalue weighted by molar-refractivity contribution is 0.212. The summed E-state index contributed by atoms with van der Waals surface area (Å²) in [5, 5.41) is 2.75. The number of anilines is 1. The summed E-state index contributed by atoms with van der Waals surface area (Å²) >= 11 is 0. The molecule has 0 saturated heterocycles. The largest absolute Gasteiger partial charge is 0.493 e. The Balaban J connectivity index is 2.44. The van der Waals surface area contributed by atoms with Crippen LogP contribution in [-0.4, -0.2) is 13.2 Å². The highest BCUT2D eigenvalue weighted by Crippen LogP contribution is 2.42. The average molecular weight is 355 g/mol. The van der Waals surface area contributed by atoms with Crippen LogP contribution in [0.4, 0.5) is 10.5 Å². The van der Waals surface area contributed by atoms with Gasteiger partial charge in [0, 0.05) is 11.3 Å². The molecular formula is C22H29NO3. The van der Waals surface area contributed by atoms with Gasteiger partial charge in [-0.3, -0.25) is 5.32 Å². The van der Waals surface area contributed by atoms with Gasteiger partial charge in [0.15, 0.2) is 11.5 Å². The molecular weight excluding hydrogens is 326 g/mol. The van der Waals surface area contributed by atoms with Gasteiger partial charge in [-0.05, 0) is 34.6 Å². The molecule has 2 rings (SSSR count). The number of hydrogen-bond acceptors (Lipinski definition) is 3. The van der Waals surface area contributed by atoms with E-state index < -0.39 is 6.09 Å². The van der Waals surface area contributed by atoms with Crippen LogP contribution in [-0.2, 0) is 10.8 Å². The predicted molar refractivity (Wildman–Crippen MR) is 106 cm³/mol. The van der Waals surface area contributed by atoms with Gasteiger partial charge in [0.2, 0.25) is 0 Å². The van der Waals surface area contributed by atoms with Crippen LogP contribution >= 0.6 is 0 Å². The minimum absolute atomic E-state index is 0.0435. The maximum atomic E-state index is 12.4. The molecule has 0 atom stereocenters. The summed E-state index contributed by atoms with van der Waals surface area (Å²) in [5.41, 5.74) is 2.50. The Morgan fingerprint density at radius 2 is 1.54 bits per heavy atom. The van der Waals surface area contributed by atoms with Gasteiger partial charge in [0.25, 0.3) is 0 Å². The average Bonchev–Trinajstić information content (AvgIpc) is 2.53. The van der Waals surface area contributed by atoms with E-state index in [1.807, 2.05) is 36.4 Å². The molecule has 0 bridgehead atoms. The van der Waals surface area contributed by atoms with Crippen LogP contribution in [0.25, 0.3) is 0 Å². The molecule has 0 aliphatic heterocycles. The Hall–Kier alpha value is -2.49. The normalized spacial score (nSPS) is 11.8. The van der Waals surface area contributed by atoms with Crippen LogP contribution in [0.15, 0.2) is 42.5 Å². The van der Waals surface area contributed by atoms with Crippen molar-refractivity contribution < 1.29 is 14.3 Å². The first-order valence-electron chi connectivity index (χ1n) is 8.79. The van der Waals surface area contributed by atoms with Gasteiger partial charge < -0.3 is 9.47 Å². The fraction of sp³-hybridized carbons (Fsp3) is 0.409. The molecule has 0 aliphatic carbocycles. The van der Waals surface area contributed by atoms with E-state index in [-0.39, 0.29) is 10.8 Å². The van der Waals surface area contributed by atoms with Crippen molar-refractivity contribution in [2.75, 3.05) is 12.4 Å². The molecule has 0 saturated carbocycles. The molecule has 1 amide bonds. The zero-order chi connectivity index (χ0) is 19.5. The Kier molecular flexibility index (Phi) is 5.65. The molecule has 0 fully saturated rings. The summed E-state index contributed by atoms with van der Waals surface area (Å²) in [4.78, 5) is 12.4. The van der Waals surface area contributed by atoms with Crippen molar-refractivity contribution in [2.45, 2.75) is 52.4 Å². The second kappa shape index (κ2) is 7.40. The molecule has 140 valence electrons. The van der Waals surface area contributed by atoms with Gasteiger partial charge in [-0.25, -0.2) is 4.79 Å². The van der Waals surface area contributed by atoms with Crippen molar-refractivity contribution in [3.63, 3.8) is 0 Å². The molecule has 0 unspecified atom stereocenters. The number of nitrogens with one attached hydrogen (secondary N) is 1. The monoisotopic (exact) mass is 355 g/mol. The number of carbonyl (C=O) groups excluding carboxylic acids is 1. The van der Waals surface area contributed by atoms with E-state index in [4.69, 9.17) is 9.47 Å². The van der Waals surface area contributed by atoms with E-state index in [1.54, 1.807) is 7.11 Å². The summed E-state index contributed by atoms with van der Waals surface area (Å²) in [6, 6.07) is 13.3. The molecule has 0 radical (unpaired) electrons. The summed E-state index contributed by atoms with van der Waals surface area (Å²) < 4.78 is 11.3. The van der Waals surface area contributed by atoms with Crippen LogP contribution in [0.5, 0.6) is 11.5 Å². The standard InChI is InChI=1S/C22H29NO3/c1-21(2,3)15-13-17(22(4,5)6)19(18(14-15)25-7)26-20(24)23-16-11-9-8-10-12-16/h8-14H,1-7H3,(H,23,24). The first-order valence-corrected chi connectivity index (χ1v) is 8.79. The van der Waals surface area contributed by atoms with Gasteiger partial charge in [-0.15, -0.1) is 0 Å². The number of benzene rings is 2. The lowest BCUT2D eigenvalue weighted by atomic mass is 9.80. The van der Waals surface area contributed by atoms with Crippen molar-refractivity contribution in [1.82, 2.24) is 0 Å². The second-order valence-electron chi connectivity index (χ2n) is 8.44. The lowest BCUT2D eigenvalue weighted by Crippen LogP contribution is -2.22. The van der Waals surface area contributed by atoms with E-state index >= 15 is 0 Å². The lowest BCUT2D eigenvalue weighted by Gasteiger charge is -2.28. The SMILES string of the molecule is COc1cc(C(C)(C)C)cc(C(C)(C)C)c1OC(=O)Nc1ccccc1. The number of rotatable bonds is 3. The minimum atomic E-state index is -0.538. The Labute approximate surface area is 156 Å². The van der Waals surface area contributed by atoms with E-state index in [9.17, 15) is 4.79 Å². The number of hydrogen-bond donors (Lipinski definition) is 1. The number of methoxy groups -OCH3 is 1. The smallest absolute Gasteiger partial charge is 0.417 e. The Bertz CT molecular complexity index is 768. The van der Waals surface area contributed by atoms with Crippen LogP contribution in [0.2, 0.25) is 0 Å². The predicted octanol–water partition coefficient (Wildman–Crippen LogP) is 5.90. The van der Waals surface area contributed by atoms with Crippen LogP contribution < -0.4 is 14.8 Å². The van der Waals surface area contributed by atoms with Crippen LogP contribution in [0.3, 0.4) is 0 Å². The Morgan fingerprint density at radius 1 is 0.923 bits per heavy atom. The topological polar surface area (TPSA) is 47.6 Å². The van der Waals surface area contributed by atoms with Gasteiger partial charge >= 0.3 is 6.09 Å². The van der Waals surface area contributed by atoms with E-state index in [0.29, 0.717) is 17.2 Å². The first-order chi connectivity index (χ1) is 12.0. The molecule has 0 heterocycles. The summed E-state index contributed by atoms with van der Waals surface area (Å²) in [5.74, 6) is 1.02. The molecule has 0 spiro atoms. The number of ether oxygens (including phenoxy) is 2. The Morgan fingerprint density at radius 3 is 2.04 bits per heavy atom. The highest BCUT2D eigenvalue weighted by atomic mass is 16.6. The maximum Gasteiger partial charge on any atom is 0.417 e. The van der Waals surface area contributed by atoms with E-state index in [1.165, 1.54) is 0 Å². The first kappa shape index (κ1) is 19.8. The van der Waals surface area contributed by atoms with Crippen molar-refractivity contribution in [2.24, 2.45) is 0 Å². The fourth-order valence-corrected chi connectivity index (χ4v) is 2.61. The molecule has 26 heavy (non-hydrogen) atoms. The van der Waals surface area contributed by atoms with Gasteiger partial charge in [-0.2, -0.15) is 0 Å². The molecule has 4 nitrogen and oxygen atoms in total. The highest BCUT2D eigenvalue weighted by Gasteiger charge is 2.28. The number of amides is 1. The molecule has 1 N–H and O–H groups in total. The third-order valence-electron chi connectivity index (χ3n) is 4.16. The molecule has 2 aromatic rings. The van der Waals surface area contributed by atoms with Crippen molar-refractivity contribution in [1.29, 1.82) is 0 Å². The molecule has 0 aromatic heterocycles. The van der Waals surface area contributed by atoms with Crippen LogP contribution in [0.1, 0.15) is 52.7 Å². The van der Waals surface area contributed by atoms with Crippen molar-refractivity contribution in [3.8, 4) is 11.5 Å². The van der Waals surface area contributed by atoms with Crippen LogP contribution in [0, 0.1) is 0 Å². The third kappa shape index (κ3) is 4.78. The van der Waals surface area contributed by atoms with Crippen molar-refractivity contribution in [3.05, 3.63) is 53.6 Å². The van der Waals surface area contributed by atoms with Crippen molar-refractivity contribution >= 4 is 11.8 Å². The van der Waals surface area contributed by atoms with Gasteiger partial charge in [0.1, 0.15) is 0 Å². The molecule has 0 aliphatic rings. The fourth-order valence-electron chi connectivity index (χ4n) is 2.61. The summed E-state index contributed by atoms with van der Waals surface area (Å²) in [6.07, 6.45) is -0.538. The van der Waals surface area contributed by atoms with Gasteiger partial charge in [0.05, 0.1) is 7.11 Å². The van der Waals surface area contributed by atoms with E-state index in [0.717, 1.165) is 11.1 Å². The van der Waals surface area contributed by atoms with Gasteiger partial charge in [-0.1, -0.05) is 65.8 Å². The quantitative estimate of drug-likeness (QED) is 0.745. The third-order valence-corrected chi connectivity index (χ3v) is 4.16. The summed E-state index contributed by atoms with van der Waals surface area (Å²) in [7, 11) is 1.59. The zero-order valence-electron chi connectivity index (χ0n) is 16.8. The highest BCUT2D eigenvalue weighted by molar-refractivity contribution is 5.87. The number of para-hydroxylation sites is 1. The maximum absolute atomic E-state index is 12.4. The molecule has 2 aromatic carbocycles. The number of carbonyl (C=O) groups is 1. The minimum Gasteiger partial charge on any atom is -0.493 e. The second-order valence-corrected chi connectivity index (χ2v) is 8.44. The summed E-state index contributed by atoms with van der Waals surface area (Å²) in [6.45, 7) is 12.7.